The van der Waals surface area contributed by atoms with Gasteiger partial charge in [-0.25, -0.2) is 4.68 Å². The highest BCUT2D eigenvalue weighted by Gasteiger charge is 2.36. The van der Waals surface area contributed by atoms with Gasteiger partial charge in [0.25, 0.3) is 11.8 Å². The van der Waals surface area contributed by atoms with Crippen LogP contribution in [0.2, 0.25) is 0 Å². The molecule has 0 saturated heterocycles. The van der Waals surface area contributed by atoms with Gasteiger partial charge in [-0.3, -0.25) is 14.5 Å². The van der Waals surface area contributed by atoms with E-state index in [-0.39, 0.29) is 24.9 Å². The minimum atomic E-state index is -0.942. The average molecular weight is 348 g/mol. The molecule has 2 heterocycles. The van der Waals surface area contributed by atoms with Gasteiger partial charge in [-0.2, -0.15) is 0 Å². The molecular formula is C19H16N4O3. The lowest BCUT2D eigenvalue weighted by atomic mass is 10.1. The predicted molar refractivity (Wildman–Crippen MR) is 93.3 cm³/mol. The van der Waals surface area contributed by atoms with Crippen molar-refractivity contribution in [1.82, 2.24) is 19.9 Å². The van der Waals surface area contributed by atoms with Crippen LogP contribution in [0.5, 0.6) is 0 Å². The number of aliphatic hydroxyl groups is 1. The standard InChI is InChI=1S/C19H16N4O3/c24-14(10-22-12-17(20-21-22)13-6-2-1-3-7-13)11-23-18(25)15-8-4-5-9-16(15)19(23)26/h1-9,12,14,24H,10-11H2. The van der Waals surface area contributed by atoms with Crippen molar-refractivity contribution in [3.8, 4) is 11.3 Å². The smallest absolute Gasteiger partial charge is 0.261 e. The second kappa shape index (κ2) is 6.53. The SMILES string of the molecule is O=C1c2ccccc2C(=O)N1CC(O)Cn1cc(-c2ccccc2)nn1. The van der Waals surface area contributed by atoms with Crippen molar-refractivity contribution in [2.75, 3.05) is 6.54 Å². The number of hydrogen-bond acceptors (Lipinski definition) is 5. The Morgan fingerprint density at radius 2 is 1.50 bits per heavy atom. The first-order valence-corrected chi connectivity index (χ1v) is 8.22. The Morgan fingerprint density at radius 1 is 0.885 bits per heavy atom. The van der Waals surface area contributed by atoms with Gasteiger partial charge in [0.1, 0.15) is 5.69 Å². The molecule has 1 atom stereocenters. The number of aliphatic hydroxyl groups excluding tert-OH is 1. The molecule has 0 aliphatic carbocycles. The van der Waals surface area contributed by atoms with E-state index >= 15 is 0 Å². The number of benzene rings is 2. The summed E-state index contributed by atoms with van der Waals surface area (Å²) in [5.74, 6) is -0.763. The number of carbonyl (C=O) groups excluding carboxylic acids is 2. The molecule has 3 aromatic rings. The van der Waals surface area contributed by atoms with Gasteiger partial charge in [-0.05, 0) is 12.1 Å². The van der Waals surface area contributed by atoms with E-state index in [1.807, 2.05) is 30.3 Å². The Labute approximate surface area is 149 Å². The highest BCUT2D eigenvalue weighted by Crippen LogP contribution is 2.22. The van der Waals surface area contributed by atoms with Gasteiger partial charge < -0.3 is 5.11 Å². The Hall–Kier alpha value is -3.32. The minimum absolute atomic E-state index is 0.0904. The van der Waals surface area contributed by atoms with Gasteiger partial charge in [-0.1, -0.05) is 47.7 Å². The lowest BCUT2D eigenvalue weighted by molar-refractivity contribution is 0.0514. The number of rotatable bonds is 5. The summed E-state index contributed by atoms with van der Waals surface area (Å²) in [5, 5.41) is 18.4. The Bertz CT molecular complexity index is 933. The van der Waals surface area contributed by atoms with Gasteiger partial charge in [0.05, 0.1) is 36.5 Å². The van der Waals surface area contributed by atoms with E-state index in [1.54, 1.807) is 30.5 Å². The highest BCUT2D eigenvalue weighted by molar-refractivity contribution is 6.21. The fourth-order valence-electron chi connectivity index (χ4n) is 3.02. The van der Waals surface area contributed by atoms with E-state index in [9.17, 15) is 14.7 Å². The maximum absolute atomic E-state index is 12.3. The fraction of sp³-hybridized carbons (Fsp3) is 0.158. The average Bonchev–Trinajstić information content (AvgIpc) is 3.22. The van der Waals surface area contributed by atoms with E-state index in [4.69, 9.17) is 0 Å². The third-order valence-corrected chi connectivity index (χ3v) is 4.28. The summed E-state index contributed by atoms with van der Waals surface area (Å²) in [6.45, 7) is 0.0418. The number of aromatic nitrogens is 3. The summed E-state index contributed by atoms with van der Waals surface area (Å²) in [4.78, 5) is 25.8. The third kappa shape index (κ3) is 2.89. The molecule has 2 aromatic carbocycles. The normalized spacial score (nSPS) is 14.6. The first-order chi connectivity index (χ1) is 12.6. The van der Waals surface area contributed by atoms with Crippen LogP contribution in [-0.2, 0) is 6.54 Å². The molecule has 0 fully saturated rings. The maximum atomic E-state index is 12.3. The molecule has 1 N–H and O–H groups in total. The number of amides is 2. The summed E-state index contributed by atoms with van der Waals surface area (Å²) in [7, 11) is 0. The van der Waals surface area contributed by atoms with Crippen molar-refractivity contribution >= 4 is 11.8 Å². The topological polar surface area (TPSA) is 88.3 Å². The molecule has 1 aromatic heterocycles. The largest absolute Gasteiger partial charge is 0.389 e. The molecule has 1 unspecified atom stereocenters. The zero-order valence-corrected chi connectivity index (χ0v) is 13.8. The van der Waals surface area contributed by atoms with Crippen molar-refractivity contribution in [2.24, 2.45) is 0 Å². The molecule has 26 heavy (non-hydrogen) atoms. The van der Waals surface area contributed by atoms with Crippen LogP contribution in [0, 0.1) is 0 Å². The summed E-state index contributed by atoms with van der Waals surface area (Å²) < 4.78 is 1.51. The van der Waals surface area contributed by atoms with Crippen LogP contribution in [-0.4, -0.2) is 49.5 Å². The van der Waals surface area contributed by atoms with E-state index in [0.29, 0.717) is 16.8 Å². The molecule has 130 valence electrons. The first kappa shape index (κ1) is 16.2. The molecule has 7 nitrogen and oxygen atoms in total. The van der Waals surface area contributed by atoms with E-state index < -0.39 is 6.10 Å². The monoisotopic (exact) mass is 348 g/mol. The second-order valence-electron chi connectivity index (χ2n) is 6.11. The van der Waals surface area contributed by atoms with Crippen LogP contribution >= 0.6 is 0 Å². The van der Waals surface area contributed by atoms with Crippen LogP contribution in [0.1, 0.15) is 20.7 Å². The quantitative estimate of drug-likeness (QED) is 0.708. The van der Waals surface area contributed by atoms with Gasteiger partial charge in [0, 0.05) is 5.56 Å². The molecule has 1 aliphatic heterocycles. The van der Waals surface area contributed by atoms with Crippen molar-refractivity contribution in [3.05, 3.63) is 71.9 Å². The van der Waals surface area contributed by atoms with Crippen LogP contribution in [0.25, 0.3) is 11.3 Å². The number of hydrogen-bond donors (Lipinski definition) is 1. The molecule has 0 radical (unpaired) electrons. The number of imide groups is 1. The van der Waals surface area contributed by atoms with Crippen molar-refractivity contribution in [2.45, 2.75) is 12.6 Å². The molecule has 0 spiro atoms. The Morgan fingerprint density at radius 3 is 2.15 bits per heavy atom. The predicted octanol–water partition coefficient (Wildman–Crippen LogP) is 1.60. The van der Waals surface area contributed by atoms with E-state index in [0.717, 1.165) is 10.5 Å². The Kier molecular flexibility index (Phi) is 4.06. The zero-order valence-electron chi connectivity index (χ0n) is 13.8. The van der Waals surface area contributed by atoms with Crippen molar-refractivity contribution in [3.63, 3.8) is 0 Å². The van der Waals surface area contributed by atoms with Crippen LogP contribution in [0.15, 0.2) is 60.8 Å². The maximum Gasteiger partial charge on any atom is 0.261 e. The number of β-amino-alcohol motifs (C(OH)–C–C–N with tert-alkyl or cyclic N) is 1. The van der Waals surface area contributed by atoms with Crippen molar-refractivity contribution < 1.29 is 14.7 Å². The summed E-state index contributed by atoms with van der Waals surface area (Å²) in [6.07, 6.45) is 0.781. The summed E-state index contributed by atoms with van der Waals surface area (Å²) in [6, 6.07) is 16.2. The fourth-order valence-corrected chi connectivity index (χ4v) is 3.02. The van der Waals surface area contributed by atoms with Crippen LogP contribution in [0.4, 0.5) is 0 Å². The van der Waals surface area contributed by atoms with Gasteiger partial charge in [-0.15, -0.1) is 5.10 Å². The molecule has 0 saturated carbocycles. The van der Waals surface area contributed by atoms with Crippen LogP contribution in [0.3, 0.4) is 0 Å². The second-order valence-corrected chi connectivity index (χ2v) is 6.11. The molecule has 2 amide bonds. The van der Waals surface area contributed by atoms with E-state index in [2.05, 4.69) is 10.3 Å². The molecule has 7 heteroatoms. The van der Waals surface area contributed by atoms with Crippen molar-refractivity contribution in [1.29, 1.82) is 0 Å². The number of nitrogens with zero attached hydrogens (tertiary/aromatic N) is 4. The highest BCUT2D eigenvalue weighted by atomic mass is 16.3. The third-order valence-electron chi connectivity index (χ3n) is 4.28. The van der Waals surface area contributed by atoms with Gasteiger partial charge >= 0.3 is 0 Å². The number of fused-ring (bicyclic) bond motifs is 1. The first-order valence-electron chi connectivity index (χ1n) is 8.22. The van der Waals surface area contributed by atoms with Gasteiger partial charge in [0.15, 0.2) is 0 Å². The summed E-state index contributed by atoms with van der Waals surface area (Å²) in [5.41, 5.74) is 2.36. The molecule has 0 bridgehead atoms. The Balaban J connectivity index is 1.44. The molecule has 1 aliphatic rings. The molecule has 4 rings (SSSR count). The van der Waals surface area contributed by atoms with Gasteiger partial charge in [0.2, 0.25) is 0 Å². The van der Waals surface area contributed by atoms with Crippen LogP contribution < -0.4 is 0 Å². The lowest BCUT2D eigenvalue weighted by Crippen LogP contribution is -2.38. The number of carbonyl (C=O) groups is 2. The zero-order chi connectivity index (χ0) is 18.1. The molecular weight excluding hydrogens is 332 g/mol. The lowest BCUT2D eigenvalue weighted by Gasteiger charge is -2.18. The summed E-state index contributed by atoms with van der Waals surface area (Å²) >= 11 is 0. The minimum Gasteiger partial charge on any atom is -0.389 e. The van der Waals surface area contributed by atoms with E-state index in [1.165, 1.54) is 4.68 Å².